The lowest BCUT2D eigenvalue weighted by molar-refractivity contribution is -0.172. The number of hydrogen-bond acceptors (Lipinski definition) is 3. The number of carbonyl (C=O) groups is 1. The molecule has 4 rings (SSSR count). The first kappa shape index (κ1) is 19.1. The van der Waals surface area contributed by atoms with Crippen LogP contribution in [-0.4, -0.2) is 36.4 Å². The van der Waals surface area contributed by atoms with Gasteiger partial charge in [-0.1, -0.05) is 36.3 Å². The molecule has 3 heteroatoms. The second kappa shape index (κ2) is 7.94. The van der Waals surface area contributed by atoms with Gasteiger partial charge in [-0.15, -0.1) is 5.92 Å². The van der Waals surface area contributed by atoms with Crippen LogP contribution in [0, 0.1) is 23.2 Å². The van der Waals surface area contributed by atoms with E-state index in [1.165, 1.54) is 0 Å². The van der Waals surface area contributed by atoms with Crippen LogP contribution in [-0.2, 0) is 10.4 Å². The minimum absolute atomic E-state index is 0.0526. The number of rotatable bonds is 6. The van der Waals surface area contributed by atoms with Gasteiger partial charge in [-0.3, -0.25) is 9.69 Å². The van der Waals surface area contributed by atoms with E-state index in [0.29, 0.717) is 19.4 Å². The summed E-state index contributed by atoms with van der Waals surface area (Å²) >= 11 is 0. The van der Waals surface area contributed by atoms with E-state index in [1.54, 1.807) is 0 Å². The topological polar surface area (TPSA) is 40.5 Å². The average Bonchev–Trinajstić information content (AvgIpc) is 2.68. The van der Waals surface area contributed by atoms with E-state index in [9.17, 15) is 9.90 Å². The molecule has 3 fully saturated rings. The fourth-order valence-corrected chi connectivity index (χ4v) is 4.89. The summed E-state index contributed by atoms with van der Waals surface area (Å²) in [7, 11) is 3.96. The average molecular weight is 354 g/mol. The highest BCUT2D eigenvalue weighted by atomic mass is 16.3. The van der Waals surface area contributed by atoms with Crippen molar-refractivity contribution in [3.8, 4) is 11.8 Å². The van der Waals surface area contributed by atoms with Crippen LogP contribution in [0.15, 0.2) is 30.3 Å². The Kier molecular flexibility index (Phi) is 5.85. The quantitative estimate of drug-likeness (QED) is 0.792. The Bertz CT molecular complexity index is 663. The Labute approximate surface area is 157 Å². The third kappa shape index (κ3) is 3.59. The minimum Gasteiger partial charge on any atom is -0.377 e. The summed E-state index contributed by atoms with van der Waals surface area (Å²) in [4.78, 5) is 15.3. The normalized spacial score (nSPS) is 26.8. The van der Waals surface area contributed by atoms with Gasteiger partial charge in [0.25, 0.3) is 0 Å². The van der Waals surface area contributed by atoms with Crippen molar-refractivity contribution >= 4 is 5.78 Å². The third-order valence-electron chi connectivity index (χ3n) is 6.45. The van der Waals surface area contributed by atoms with Gasteiger partial charge in [0, 0.05) is 18.3 Å². The summed E-state index contributed by atoms with van der Waals surface area (Å²) in [6, 6.07) is 9.64. The van der Waals surface area contributed by atoms with Gasteiger partial charge in [-0.05, 0) is 64.1 Å². The van der Waals surface area contributed by atoms with Crippen LogP contribution in [0.5, 0.6) is 0 Å². The number of hydrogen-bond donors (Lipinski definition) is 1. The first-order chi connectivity index (χ1) is 12.5. The SMILES string of the molecule is CN(C)CC#CCCC(=O)C(O)(c1ccccc1)C12CCC(CC1)CC2. The maximum atomic E-state index is 13.3. The summed E-state index contributed by atoms with van der Waals surface area (Å²) in [6.07, 6.45) is 7.14. The van der Waals surface area contributed by atoms with Gasteiger partial charge in [0.1, 0.15) is 0 Å². The molecule has 1 aromatic carbocycles. The Balaban J connectivity index is 1.84. The molecule has 3 nitrogen and oxygen atoms in total. The number of ketones is 1. The number of fused-ring (bicyclic) bond motifs is 3. The second-order valence-electron chi connectivity index (χ2n) is 8.35. The van der Waals surface area contributed by atoms with Crippen molar-refractivity contribution < 1.29 is 9.90 Å². The van der Waals surface area contributed by atoms with Gasteiger partial charge in [0.15, 0.2) is 11.4 Å². The predicted octanol–water partition coefficient (Wildman–Crippen LogP) is 3.76. The summed E-state index contributed by atoms with van der Waals surface area (Å²) < 4.78 is 0. The molecule has 1 N–H and O–H groups in total. The Morgan fingerprint density at radius 3 is 2.35 bits per heavy atom. The van der Waals surface area contributed by atoms with Gasteiger partial charge in [-0.2, -0.15) is 0 Å². The zero-order valence-corrected chi connectivity index (χ0v) is 16.1. The standard InChI is InChI=1S/C23H31NO2/c1-24(2)18-8-4-7-11-21(25)23(26,20-9-5-3-6-10-20)22-15-12-19(13-16-22)14-17-22/h3,5-6,9-10,19,26H,7,11-18H2,1-2H3. The number of aliphatic hydroxyl groups is 1. The van der Waals surface area contributed by atoms with Crippen molar-refractivity contribution in [1.82, 2.24) is 4.90 Å². The number of carbonyl (C=O) groups excluding carboxylic acids is 1. The molecule has 0 amide bonds. The largest absolute Gasteiger partial charge is 0.377 e. The molecular formula is C23H31NO2. The number of benzene rings is 1. The van der Waals surface area contributed by atoms with Crippen LogP contribution in [0.2, 0.25) is 0 Å². The molecule has 0 saturated heterocycles. The van der Waals surface area contributed by atoms with Crippen molar-refractivity contribution in [2.45, 2.75) is 57.0 Å². The van der Waals surface area contributed by atoms with E-state index in [0.717, 1.165) is 50.0 Å². The molecule has 140 valence electrons. The molecule has 3 aliphatic rings. The van der Waals surface area contributed by atoms with E-state index >= 15 is 0 Å². The summed E-state index contributed by atoms with van der Waals surface area (Å²) in [6.45, 7) is 0.697. The van der Waals surface area contributed by atoms with Crippen LogP contribution in [0.25, 0.3) is 0 Å². The molecule has 0 heterocycles. The highest BCUT2D eigenvalue weighted by molar-refractivity contribution is 5.89. The molecule has 0 aromatic heterocycles. The molecule has 0 radical (unpaired) electrons. The predicted molar refractivity (Wildman–Crippen MR) is 105 cm³/mol. The van der Waals surface area contributed by atoms with Crippen LogP contribution in [0.1, 0.15) is 56.9 Å². The summed E-state index contributed by atoms with van der Waals surface area (Å²) in [5.74, 6) is 6.92. The Hall–Kier alpha value is -1.63. The first-order valence-corrected chi connectivity index (χ1v) is 9.90. The molecule has 0 spiro atoms. The van der Waals surface area contributed by atoms with Crippen molar-refractivity contribution in [2.24, 2.45) is 11.3 Å². The lowest BCUT2D eigenvalue weighted by Gasteiger charge is -2.54. The molecule has 1 aromatic rings. The van der Waals surface area contributed by atoms with Crippen LogP contribution >= 0.6 is 0 Å². The molecule has 3 aliphatic carbocycles. The summed E-state index contributed by atoms with van der Waals surface area (Å²) in [5.41, 5.74) is -0.897. The van der Waals surface area contributed by atoms with Crippen LogP contribution in [0.4, 0.5) is 0 Å². The van der Waals surface area contributed by atoms with E-state index in [-0.39, 0.29) is 11.2 Å². The number of Topliss-reactive ketones (excluding diaryl/α,β-unsaturated/α-hetero) is 1. The van der Waals surface area contributed by atoms with Crippen molar-refractivity contribution in [3.05, 3.63) is 35.9 Å². The molecule has 1 atom stereocenters. The zero-order chi connectivity index (χ0) is 18.6. The number of nitrogens with zero attached hydrogens (tertiary/aromatic N) is 1. The Morgan fingerprint density at radius 2 is 1.77 bits per heavy atom. The smallest absolute Gasteiger partial charge is 0.170 e. The van der Waals surface area contributed by atoms with E-state index in [4.69, 9.17) is 0 Å². The van der Waals surface area contributed by atoms with Gasteiger partial charge in [0.05, 0.1) is 6.54 Å². The second-order valence-corrected chi connectivity index (χ2v) is 8.35. The highest BCUT2D eigenvalue weighted by Crippen LogP contribution is 2.59. The zero-order valence-electron chi connectivity index (χ0n) is 16.1. The first-order valence-electron chi connectivity index (χ1n) is 9.90. The molecular weight excluding hydrogens is 322 g/mol. The van der Waals surface area contributed by atoms with Crippen LogP contribution < -0.4 is 0 Å². The van der Waals surface area contributed by atoms with Crippen molar-refractivity contribution in [3.63, 3.8) is 0 Å². The maximum absolute atomic E-state index is 13.3. The minimum atomic E-state index is -1.37. The van der Waals surface area contributed by atoms with Crippen LogP contribution in [0.3, 0.4) is 0 Å². The molecule has 0 aliphatic heterocycles. The maximum Gasteiger partial charge on any atom is 0.170 e. The molecule has 2 bridgehead atoms. The monoisotopic (exact) mass is 353 g/mol. The van der Waals surface area contributed by atoms with E-state index in [2.05, 4.69) is 11.8 Å². The third-order valence-corrected chi connectivity index (χ3v) is 6.45. The summed E-state index contributed by atoms with van der Waals surface area (Å²) in [5, 5.41) is 11.9. The van der Waals surface area contributed by atoms with Gasteiger partial charge < -0.3 is 5.11 Å². The highest BCUT2D eigenvalue weighted by Gasteiger charge is 2.58. The molecule has 3 saturated carbocycles. The van der Waals surface area contributed by atoms with Gasteiger partial charge in [-0.25, -0.2) is 0 Å². The van der Waals surface area contributed by atoms with Crippen molar-refractivity contribution in [1.29, 1.82) is 0 Å². The lowest BCUT2D eigenvalue weighted by atomic mass is 9.51. The van der Waals surface area contributed by atoms with Gasteiger partial charge >= 0.3 is 0 Å². The lowest BCUT2D eigenvalue weighted by Crippen LogP contribution is -2.55. The Morgan fingerprint density at radius 1 is 1.15 bits per heavy atom. The fourth-order valence-electron chi connectivity index (χ4n) is 4.89. The fraction of sp³-hybridized carbons (Fsp3) is 0.609. The van der Waals surface area contributed by atoms with E-state index < -0.39 is 5.60 Å². The van der Waals surface area contributed by atoms with Gasteiger partial charge in [0.2, 0.25) is 0 Å². The molecule has 1 unspecified atom stereocenters. The van der Waals surface area contributed by atoms with Crippen molar-refractivity contribution in [2.75, 3.05) is 20.6 Å². The molecule has 26 heavy (non-hydrogen) atoms. The van der Waals surface area contributed by atoms with E-state index in [1.807, 2.05) is 49.3 Å².